The minimum atomic E-state index is -4.33. The first kappa shape index (κ1) is 13.3. The van der Waals surface area contributed by atoms with E-state index < -0.39 is 11.7 Å². The van der Waals surface area contributed by atoms with Gasteiger partial charge in [0.1, 0.15) is 0 Å². The molecule has 1 aliphatic rings. The molecule has 1 unspecified atom stereocenters. The summed E-state index contributed by atoms with van der Waals surface area (Å²) in [6.45, 7) is 0. The second-order valence-electron chi connectivity index (χ2n) is 4.89. The van der Waals surface area contributed by atoms with Crippen molar-refractivity contribution in [2.45, 2.75) is 44.3 Å². The van der Waals surface area contributed by atoms with Crippen LogP contribution in [0.4, 0.5) is 13.2 Å². The summed E-state index contributed by atoms with van der Waals surface area (Å²) in [7, 11) is 0. The van der Waals surface area contributed by atoms with Crippen LogP contribution in [0.1, 0.15) is 49.4 Å². The topological polar surface area (TPSA) is 38.9 Å². The molecule has 0 aliphatic heterocycles. The summed E-state index contributed by atoms with van der Waals surface area (Å²) < 4.78 is 37.2. The smallest absolute Gasteiger partial charge is 0.322 e. The molecule has 1 atom stereocenters. The van der Waals surface area contributed by atoms with E-state index in [1.807, 2.05) is 0 Å². The Morgan fingerprint density at radius 2 is 1.83 bits per heavy atom. The third-order valence-corrected chi connectivity index (χ3v) is 3.61. The molecule has 0 aromatic carbocycles. The minimum Gasteiger partial charge on any atom is -0.322 e. The summed E-state index contributed by atoms with van der Waals surface area (Å²) in [4.78, 5) is 3.88. The third-order valence-electron chi connectivity index (χ3n) is 3.61. The zero-order valence-corrected chi connectivity index (χ0v) is 10.1. The van der Waals surface area contributed by atoms with Gasteiger partial charge in [0.15, 0.2) is 0 Å². The van der Waals surface area contributed by atoms with E-state index >= 15 is 0 Å². The van der Waals surface area contributed by atoms with Gasteiger partial charge in [-0.3, -0.25) is 4.98 Å². The van der Waals surface area contributed by atoms with E-state index in [0.29, 0.717) is 11.6 Å². The quantitative estimate of drug-likeness (QED) is 0.878. The van der Waals surface area contributed by atoms with E-state index in [1.54, 1.807) is 0 Å². The highest BCUT2D eigenvalue weighted by molar-refractivity contribution is 5.19. The summed E-state index contributed by atoms with van der Waals surface area (Å²) in [6.07, 6.45) is 2.16. The molecular formula is C13H17F3N2. The van der Waals surface area contributed by atoms with Gasteiger partial charge in [-0.15, -0.1) is 0 Å². The van der Waals surface area contributed by atoms with Crippen LogP contribution in [0.2, 0.25) is 0 Å². The molecule has 18 heavy (non-hydrogen) atoms. The van der Waals surface area contributed by atoms with E-state index in [-0.39, 0.29) is 6.04 Å². The summed E-state index contributed by atoms with van der Waals surface area (Å²) in [5, 5.41) is 0. The van der Waals surface area contributed by atoms with Gasteiger partial charge in [-0.05, 0) is 30.9 Å². The van der Waals surface area contributed by atoms with Crippen LogP contribution in [0.3, 0.4) is 0 Å². The number of pyridine rings is 1. The molecule has 100 valence electrons. The molecule has 1 heterocycles. The Kier molecular flexibility index (Phi) is 3.90. The van der Waals surface area contributed by atoms with Crippen LogP contribution in [0.5, 0.6) is 0 Å². The number of aromatic nitrogens is 1. The van der Waals surface area contributed by atoms with Crippen molar-refractivity contribution >= 4 is 0 Å². The first-order valence-electron chi connectivity index (χ1n) is 6.27. The van der Waals surface area contributed by atoms with Gasteiger partial charge in [-0.25, -0.2) is 0 Å². The third kappa shape index (κ3) is 3.02. The highest BCUT2D eigenvalue weighted by atomic mass is 19.4. The first-order chi connectivity index (χ1) is 8.48. The van der Waals surface area contributed by atoms with Gasteiger partial charge in [-0.1, -0.05) is 19.3 Å². The Morgan fingerprint density at radius 1 is 1.17 bits per heavy atom. The molecule has 0 spiro atoms. The fourth-order valence-electron chi connectivity index (χ4n) is 2.50. The lowest BCUT2D eigenvalue weighted by Gasteiger charge is -2.27. The van der Waals surface area contributed by atoms with Gasteiger partial charge >= 0.3 is 6.18 Å². The molecule has 2 N–H and O–H groups in total. The van der Waals surface area contributed by atoms with Crippen molar-refractivity contribution < 1.29 is 13.2 Å². The SMILES string of the molecule is NC(c1ccc(C(F)(F)F)cn1)C1CCCCC1. The molecule has 5 heteroatoms. The summed E-state index contributed by atoms with van der Waals surface area (Å²) in [5.41, 5.74) is 5.93. The van der Waals surface area contributed by atoms with Crippen LogP contribution in [0.25, 0.3) is 0 Å². The van der Waals surface area contributed by atoms with Gasteiger partial charge in [0.05, 0.1) is 11.3 Å². The number of nitrogens with zero attached hydrogens (tertiary/aromatic N) is 1. The fourth-order valence-corrected chi connectivity index (χ4v) is 2.50. The van der Waals surface area contributed by atoms with Crippen molar-refractivity contribution in [3.8, 4) is 0 Å². The molecule has 2 rings (SSSR count). The Labute approximate surface area is 104 Å². The average molecular weight is 258 g/mol. The van der Waals surface area contributed by atoms with Gasteiger partial charge in [0.2, 0.25) is 0 Å². The van der Waals surface area contributed by atoms with Crippen LogP contribution in [0, 0.1) is 5.92 Å². The Balaban J connectivity index is 2.09. The Morgan fingerprint density at radius 3 is 2.33 bits per heavy atom. The summed E-state index contributed by atoms with van der Waals surface area (Å²) in [6, 6.07) is 2.22. The van der Waals surface area contributed by atoms with Crippen molar-refractivity contribution in [3.05, 3.63) is 29.6 Å². The number of hydrogen-bond acceptors (Lipinski definition) is 2. The second-order valence-corrected chi connectivity index (χ2v) is 4.89. The van der Waals surface area contributed by atoms with Crippen molar-refractivity contribution in [1.29, 1.82) is 0 Å². The molecule has 0 amide bonds. The second kappa shape index (κ2) is 5.26. The van der Waals surface area contributed by atoms with Crippen molar-refractivity contribution in [1.82, 2.24) is 4.98 Å². The molecule has 1 aromatic heterocycles. The van der Waals surface area contributed by atoms with Crippen LogP contribution in [-0.2, 0) is 6.18 Å². The zero-order chi connectivity index (χ0) is 13.2. The molecule has 1 saturated carbocycles. The van der Waals surface area contributed by atoms with Crippen LogP contribution < -0.4 is 5.73 Å². The standard InChI is InChI=1S/C13H17F3N2/c14-13(15,16)10-6-7-11(18-8-10)12(17)9-4-2-1-3-5-9/h6-9,12H,1-5,17H2. The number of nitrogens with two attached hydrogens (primary N) is 1. The van der Waals surface area contributed by atoms with Crippen LogP contribution in [-0.4, -0.2) is 4.98 Å². The molecular weight excluding hydrogens is 241 g/mol. The van der Waals surface area contributed by atoms with Crippen molar-refractivity contribution in [3.63, 3.8) is 0 Å². The van der Waals surface area contributed by atoms with E-state index in [4.69, 9.17) is 5.73 Å². The molecule has 1 aliphatic carbocycles. The highest BCUT2D eigenvalue weighted by Gasteiger charge is 2.31. The predicted octanol–water partition coefficient (Wildman–Crippen LogP) is 3.68. The predicted molar refractivity (Wildman–Crippen MR) is 62.7 cm³/mol. The largest absolute Gasteiger partial charge is 0.417 e. The van der Waals surface area contributed by atoms with Crippen LogP contribution >= 0.6 is 0 Å². The minimum absolute atomic E-state index is 0.243. The monoisotopic (exact) mass is 258 g/mol. The molecule has 2 nitrogen and oxygen atoms in total. The van der Waals surface area contributed by atoms with E-state index in [1.165, 1.54) is 12.5 Å². The Bertz CT molecular complexity index is 380. The molecule has 0 radical (unpaired) electrons. The van der Waals surface area contributed by atoms with Gasteiger partial charge in [0.25, 0.3) is 0 Å². The fraction of sp³-hybridized carbons (Fsp3) is 0.615. The number of halogens is 3. The summed E-state index contributed by atoms with van der Waals surface area (Å²) >= 11 is 0. The van der Waals surface area contributed by atoms with Gasteiger partial charge in [0, 0.05) is 12.2 Å². The molecule has 0 bridgehead atoms. The first-order valence-corrected chi connectivity index (χ1v) is 6.27. The lowest BCUT2D eigenvalue weighted by Crippen LogP contribution is -2.24. The van der Waals surface area contributed by atoms with E-state index in [9.17, 15) is 13.2 Å². The maximum atomic E-state index is 12.4. The number of rotatable bonds is 2. The maximum Gasteiger partial charge on any atom is 0.417 e. The lowest BCUT2D eigenvalue weighted by atomic mass is 9.83. The van der Waals surface area contributed by atoms with Gasteiger partial charge in [-0.2, -0.15) is 13.2 Å². The zero-order valence-electron chi connectivity index (χ0n) is 10.1. The summed E-state index contributed by atoms with van der Waals surface area (Å²) in [5.74, 6) is 0.350. The lowest BCUT2D eigenvalue weighted by molar-refractivity contribution is -0.137. The molecule has 0 saturated heterocycles. The Hall–Kier alpha value is -1.10. The van der Waals surface area contributed by atoms with Crippen molar-refractivity contribution in [2.75, 3.05) is 0 Å². The normalized spacial score (nSPS) is 19.8. The average Bonchev–Trinajstić information content (AvgIpc) is 2.38. The maximum absolute atomic E-state index is 12.4. The van der Waals surface area contributed by atoms with Gasteiger partial charge < -0.3 is 5.73 Å². The molecule has 1 aromatic rings. The van der Waals surface area contributed by atoms with Crippen molar-refractivity contribution in [2.24, 2.45) is 11.7 Å². The van der Waals surface area contributed by atoms with E-state index in [0.717, 1.165) is 37.9 Å². The molecule has 1 fully saturated rings. The number of alkyl halides is 3. The highest BCUT2D eigenvalue weighted by Crippen LogP contribution is 2.33. The van der Waals surface area contributed by atoms with Crippen LogP contribution in [0.15, 0.2) is 18.3 Å². The number of hydrogen-bond donors (Lipinski definition) is 1. The van der Waals surface area contributed by atoms with E-state index in [2.05, 4.69) is 4.98 Å².